The summed E-state index contributed by atoms with van der Waals surface area (Å²) in [6.07, 6.45) is 4.59. The molecule has 0 radical (unpaired) electrons. The smallest absolute Gasteiger partial charge is 0.160 e. The fraction of sp³-hybridized carbons (Fsp3) is 0.588. The van der Waals surface area contributed by atoms with E-state index in [1.807, 2.05) is 18.2 Å². The predicted molar refractivity (Wildman–Crippen MR) is 76.5 cm³/mol. The largest absolute Gasteiger partial charge is 0.350 e. The van der Waals surface area contributed by atoms with E-state index in [4.69, 9.17) is 9.47 Å². The van der Waals surface area contributed by atoms with Gasteiger partial charge >= 0.3 is 0 Å². The van der Waals surface area contributed by atoms with Crippen LogP contribution in [0.15, 0.2) is 30.3 Å². The summed E-state index contributed by atoms with van der Waals surface area (Å²) in [5, 5.41) is 0. The van der Waals surface area contributed by atoms with Crippen molar-refractivity contribution >= 4 is 5.78 Å². The molecular weight excluding hydrogens is 252 g/mol. The lowest BCUT2D eigenvalue weighted by molar-refractivity contribution is -0.123. The molecule has 0 unspecified atom stereocenters. The van der Waals surface area contributed by atoms with Crippen LogP contribution in [0.4, 0.5) is 0 Å². The van der Waals surface area contributed by atoms with Gasteiger partial charge in [-0.05, 0) is 24.8 Å². The van der Waals surface area contributed by atoms with Gasteiger partial charge < -0.3 is 9.47 Å². The highest BCUT2D eigenvalue weighted by Crippen LogP contribution is 2.33. The van der Waals surface area contributed by atoms with Crippen molar-refractivity contribution in [1.82, 2.24) is 0 Å². The molecule has 1 aromatic carbocycles. The molecule has 1 heterocycles. The molecule has 2 atom stereocenters. The molecule has 3 rings (SSSR count). The van der Waals surface area contributed by atoms with Crippen molar-refractivity contribution in [3.63, 3.8) is 0 Å². The molecule has 108 valence electrons. The first-order valence-corrected chi connectivity index (χ1v) is 7.65. The van der Waals surface area contributed by atoms with Gasteiger partial charge in [0.15, 0.2) is 6.29 Å². The Morgan fingerprint density at radius 1 is 0.950 bits per heavy atom. The molecular formula is C17H22O3. The highest BCUT2D eigenvalue weighted by atomic mass is 16.7. The summed E-state index contributed by atoms with van der Waals surface area (Å²) >= 11 is 0. The second-order valence-electron chi connectivity index (χ2n) is 5.77. The molecule has 0 amide bonds. The Balaban J connectivity index is 1.64. The van der Waals surface area contributed by atoms with Crippen LogP contribution in [0.5, 0.6) is 0 Å². The van der Waals surface area contributed by atoms with Gasteiger partial charge in [0.1, 0.15) is 5.78 Å². The number of Topliss-reactive ketones (excluding diaryl/α,β-unsaturated/α-hetero) is 1. The summed E-state index contributed by atoms with van der Waals surface area (Å²) in [6, 6.07) is 10.2. The normalized spacial score (nSPS) is 29.1. The molecule has 1 saturated carbocycles. The van der Waals surface area contributed by atoms with Crippen molar-refractivity contribution < 1.29 is 14.3 Å². The monoisotopic (exact) mass is 274 g/mol. The lowest BCUT2D eigenvalue weighted by Crippen LogP contribution is -2.26. The molecule has 20 heavy (non-hydrogen) atoms. The van der Waals surface area contributed by atoms with Crippen LogP contribution in [-0.2, 0) is 14.3 Å². The van der Waals surface area contributed by atoms with Crippen molar-refractivity contribution in [3.8, 4) is 0 Å². The van der Waals surface area contributed by atoms with Crippen LogP contribution in [0.25, 0.3) is 0 Å². The van der Waals surface area contributed by atoms with Crippen molar-refractivity contribution in [2.45, 2.75) is 44.3 Å². The quantitative estimate of drug-likeness (QED) is 0.830. The number of hydrogen-bond acceptors (Lipinski definition) is 3. The van der Waals surface area contributed by atoms with E-state index < -0.39 is 0 Å². The van der Waals surface area contributed by atoms with Crippen LogP contribution in [0.2, 0.25) is 0 Å². The van der Waals surface area contributed by atoms with E-state index in [2.05, 4.69) is 12.1 Å². The summed E-state index contributed by atoms with van der Waals surface area (Å²) in [4.78, 5) is 12.4. The highest BCUT2D eigenvalue weighted by Gasteiger charge is 2.31. The van der Waals surface area contributed by atoms with Crippen LogP contribution in [0, 0.1) is 5.92 Å². The van der Waals surface area contributed by atoms with E-state index >= 15 is 0 Å². The summed E-state index contributed by atoms with van der Waals surface area (Å²) in [6.45, 7) is 1.39. The maximum atomic E-state index is 12.4. The molecule has 1 saturated heterocycles. The van der Waals surface area contributed by atoms with Crippen molar-refractivity contribution in [2.75, 3.05) is 13.2 Å². The molecule has 1 aliphatic carbocycles. The average Bonchev–Trinajstić information content (AvgIpc) is 2.99. The number of ether oxygens (including phenoxy) is 2. The standard InChI is InChI=1S/C17H22O3/c18-16-10-9-14(17-19-11-12-20-17)7-4-8-15(16)13-5-2-1-3-6-13/h1-3,5-6,14-15,17H,4,7-12H2/t14-,15+/m0/s1. The van der Waals surface area contributed by atoms with E-state index in [-0.39, 0.29) is 12.2 Å². The average molecular weight is 274 g/mol. The van der Waals surface area contributed by atoms with E-state index in [9.17, 15) is 4.79 Å². The van der Waals surface area contributed by atoms with Gasteiger partial charge in [0.2, 0.25) is 0 Å². The lowest BCUT2D eigenvalue weighted by atomic mass is 9.81. The molecule has 1 aromatic rings. The minimum Gasteiger partial charge on any atom is -0.350 e. The zero-order valence-electron chi connectivity index (χ0n) is 11.8. The maximum absolute atomic E-state index is 12.4. The number of hydrogen-bond donors (Lipinski definition) is 0. The van der Waals surface area contributed by atoms with E-state index in [0.717, 1.165) is 25.7 Å². The Morgan fingerprint density at radius 2 is 1.70 bits per heavy atom. The zero-order valence-corrected chi connectivity index (χ0v) is 11.8. The van der Waals surface area contributed by atoms with Gasteiger partial charge in [0.25, 0.3) is 0 Å². The minimum atomic E-state index is -0.0731. The molecule has 3 heteroatoms. The summed E-state index contributed by atoms with van der Waals surface area (Å²) in [5.74, 6) is 0.847. The molecule has 0 aromatic heterocycles. The van der Waals surface area contributed by atoms with E-state index in [1.54, 1.807) is 0 Å². The SMILES string of the molecule is O=C1CC[C@@H](C2OCCO2)CCC[C@@H]1c1ccccc1. The number of carbonyl (C=O) groups is 1. The van der Waals surface area contributed by atoms with E-state index in [1.165, 1.54) is 5.56 Å². The third-order valence-corrected chi connectivity index (χ3v) is 4.45. The van der Waals surface area contributed by atoms with Crippen molar-refractivity contribution in [1.29, 1.82) is 0 Å². The van der Waals surface area contributed by atoms with Gasteiger partial charge in [-0.15, -0.1) is 0 Å². The van der Waals surface area contributed by atoms with Gasteiger partial charge in [-0.3, -0.25) is 4.79 Å². The Labute approximate surface area is 120 Å². The van der Waals surface area contributed by atoms with Gasteiger partial charge in [0, 0.05) is 18.3 Å². The van der Waals surface area contributed by atoms with Gasteiger partial charge in [-0.1, -0.05) is 36.8 Å². The highest BCUT2D eigenvalue weighted by molar-refractivity contribution is 5.85. The van der Waals surface area contributed by atoms with E-state index in [0.29, 0.717) is 31.3 Å². The van der Waals surface area contributed by atoms with Gasteiger partial charge in [-0.2, -0.15) is 0 Å². The lowest BCUT2D eigenvalue weighted by Gasteiger charge is -2.26. The number of ketones is 1. The molecule has 2 fully saturated rings. The fourth-order valence-corrected chi connectivity index (χ4v) is 3.35. The first kappa shape index (κ1) is 13.8. The molecule has 3 nitrogen and oxygen atoms in total. The van der Waals surface area contributed by atoms with Crippen LogP contribution in [-0.4, -0.2) is 25.3 Å². The van der Waals surface area contributed by atoms with Crippen LogP contribution in [0.3, 0.4) is 0 Å². The number of carbonyl (C=O) groups excluding carboxylic acids is 1. The van der Waals surface area contributed by atoms with Crippen molar-refractivity contribution in [3.05, 3.63) is 35.9 Å². The Morgan fingerprint density at radius 3 is 2.45 bits per heavy atom. The van der Waals surface area contributed by atoms with Crippen LogP contribution < -0.4 is 0 Å². The molecule has 0 spiro atoms. The summed E-state index contributed by atoms with van der Waals surface area (Å²) < 4.78 is 11.2. The summed E-state index contributed by atoms with van der Waals surface area (Å²) in [7, 11) is 0. The first-order valence-electron chi connectivity index (χ1n) is 7.65. The maximum Gasteiger partial charge on any atom is 0.160 e. The fourth-order valence-electron chi connectivity index (χ4n) is 3.35. The third kappa shape index (κ3) is 3.10. The first-order chi connectivity index (χ1) is 9.84. The molecule has 0 N–H and O–H groups in total. The van der Waals surface area contributed by atoms with Gasteiger partial charge in [-0.25, -0.2) is 0 Å². The topological polar surface area (TPSA) is 35.5 Å². The molecule has 0 bridgehead atoms. The number of rotatable bonds is 2. The minimum absolute atomic E-state index is 0.0731. The Kier molecular flexibility index (Phi) is 4.48. The van der Waals surface area contributed by atoms with Crippen LogP contribution >= 0.6 is 0 Å². The second kappa shape index (κ2) is 6.51. The van der Waals surface area contributed by atoms with Crippen molar-refractivity contribution in [2.24, 2.45) is 5.92 Å². The number of benzene rings is 1. The van der Waals surface area contributed by atoms with Gasteiger partial charge in [0.05, 0.1) is 13.2 Å². The molecule has 1 aliphatic heterocycles. The Hall–Kier alpha value is -1.19. The Bertz CT molecular complexity index is 437. The third-order valence-electron chi connectivity index (χ3n) is 4.45. The zero-order chi connectivity index (χ0) is 13.8. The second-order valence-corrected chi connectivity index (χ2v) is 5.77. The predicted octanol–water partition coefficient (Wildman–Crippen LogP) is 3.29. The van der Waals surface area contributed by atoms with Crippen LogP contribution in [0.1, 0.15) is 43.6 Å². The molecule has 2 aliphatic rings. The summed E-state index contributed by atoms with van der Waals surface area (Å²) in [5.41, 5.74) is 1.17.